The highest BCUT2D eigenvalue weighted by molar-refractivity contribution is 5.19. The molecule has 1 N–H and O–H groups in total. The van der Waals surface area contributed by atoms with E-state index in [-0.39, 0.29) is 0 Å². The summed E-state index contributed by atoms with van der Waals surface area (Å²) in [5, 5.41) is 3.50. The molecule has 0 amide bonds. The van der Waals surface area contributed by atoms with Crippen LogP contribution < -0.4 is 5.32 Å². The molecule has 0 bridgehead atoms. The van der Waals surface area contributed by atoms with Gasteiger partial charge in [0.15, 0.2) is 0 Å². The fourth-order valence-corrected chi connectivity index (χ4v) is 1.56. The van der Waals surface area contributed by atoms with Crippen molar-refractivity contribution in [2.75, 3.05) is 13.1 Å². The summed E-state index contributed by atoms with van der Waals surface area (Å²) in [4.78, 5) is 0. The Balaban J connectivity index is 4.07. The molecular weight excluding hydrogens is 206 g/mol. The zero-order valence-electron chi connectivity index (χ0n) is 12.4. The van der Waals surface area contributed by atoms with Crippen LogP contribution in [0.15, 0.2) is 23.8 Å². The summed E-state index contributed by atoms with van der Waals surface area (Å²) in [6.45, 7) is 13.4. The molecule has 0 aromatic carbocycles. The second kappa shape index (κ2) is 10.6. The lowest BCUT2D eigenvalue weighted by molar-refractivity contribution is 0.423. The quantitative estimate of drug-likeness (QED) is 0.458. The lowest BCUT2D eigenvalue weighted by Crippen LogP contribution is -2.17. The van der Waals surface area contributed by atoms with Gasteiger partial charge in [-0.05, 0) is 43.7 Å². The van der Waals surface area contributed by atoms with Gasteiger partial charge in [0, 0.05) is 6.54 Å². The first-order valence-electron chi connectivity index (χ1n) is 7.14. The summed E-state index contributed by atoms with van der Waals surface area (Å²) in [6.07, 6.45) is 10.5. The van der Waals surface area contributed by atoms with E-state index >= 15 is 0 Å². The van der Waals surface area contributed by atoms with Gasteiger partial charge in [0.05, 0.1) is 0 Å². The minimum Gasteiger partial charge on any atom is -0.313 e. The van der Waals surface area contributed by atoms with E-state index in [2.05, 4.69) is 58.2 Å². The summed E-state index contributed by atoms with van der Waals surface area (Å²) in [5.41, 5.74) is 1.43. The molecule has 1 atom stereocenters. The fraction of sp³-hybridized carbons (Fsp3) is 0.750. The monoisotopic (exact) mass is 237 g/mol. The van der Waals surface area contributed by atoms with E-state index in [9.17, 15) is 0 Å². The van der Waals surface area contributed by atoms with Crippen molar-refractivity contribution in [1.29, 1.82) is 0 Å². The van der Waals surface area contributed by atoms with Crippen LogP contribution in [0.1, 0.15) is 53.9 Å². The Morgan fingerprint density at radius 2 is 1.94 bits per heavy atom. The number of nitrogens with one attached hydrogen (secondary N) is 1. The maximum Gasteiger partial charge on any atom is 0.0202 e. The second-order valence-electron chi connectivity index (χ2n) is 5.27. The first-order valence-corrected chi connectivity index (χ1v) is 7.14. The molecule has 1 nitrogen and oxygen atoms in total. The second-order valence-corrected chi connectivity index (χ2v) is 5.27. The molecule has 0 aromatic heterocycles. The number of hydrogen-bond donors (Lipinski definition) is 1. The first kappa shape index (κ1) is 16.4. The van der Waals surface area contributed by atoms with Gasteiger partial charge in [0.25, 0.3) is 0 Å². The van der Waals surface area contributed by atoms with E-state index in [4.69, 9.17) is 0 Å². The Morgan fingerprint density at radius 1 is 1.24 bits per heavy atom. The van der Waals surface area contributed by atoms with E-state index in [1.165, 1.54) is 24.8 Å². The molecule has 0 radical (unpaired) electrons. The van der Waals surface area contributed by atoms with Crippen LogP contribution in [0.3, 0.4) is 0 Å². The van der Waals surface area contributed by atoms with Gasteiger partial charge in [-0.1, -0.05) is 52.3 Å². The molecule has 0 spiro atoms. The van der Waals surface area contributed by atoms with Gasteiger partial charge in [0.2, 0.25) is 0 Å². The molecule has 0 rings (SSSR count). The van der Waals surface area contributed by atoms with Gasteiger partial charge < -0.3 is 5.32 Å². The van der Waals surface area contributed by atoms with Crippen molar-refractivity contribution in [2.24, 2.45) is 11.8 Å². The average Bonchev–Trinajstić information content (AvgIpc) is 2.30. The van der Waals surface area contributed by atoms with Crippen LogP contribution >= 0.6 is 0 Å². The average molecular weight is 237 g/mol. The van der Waals surface area contributed by atoms with Crippen LogP contribution in [0, 0.1) is 11.8 Å². The number of rotatable bonds is 9. The van der Waals surface area contributed by atoms with Crippen molar-refractivity contribution in [2.45, 2.75) is 53.9 Å². The molecule has 0 heterocycles. The molecule has 100 valence electrons. The Bertz CT molecular complexity index is 226. The number of allylic oxidation sites excluding steroid dienone is 2. The third kappa shape index (κ3) is 9.17. The van der Waals surface area contributed by atoms with E-state index in [1.54, 1.807) is 0 Å². The molecule has 0 aliphatic carbocycles. The normalized spacial score (nSPS) is 14.8. The van der Waals surface area contributed by atoms with E-state index < -0.39 is 0 Å². The number of hydrogen-bond acceptors (Lipinski definition) is 1. The van der Waals surface area contributed by atoms with Crippen molar-refractivity contribution in [3.8, 4) is 0 Å². The minimum atomic E-state index is 0.769. The Hall–Kier alpha value is -0.560. The third-order valence-electron chi connectivity index (χ3n) is 3.31. The molecule has 0 saturated heterocycles. The smallest absolute Gasteiger partial charge is 0.0202 e. The van der Waals surface area contributed by atoms with Gasteiger partial charge in [0.1, 0.15) is 0 Å². The molecule has 17 heavy (non-hydrogen) atoms. The zero-order chi connectivity index (χ0) is 13.1. The van der Waals surface area contributed by atoms with Gasteiger partial charge in [-0.3, -0.25) is 0 Å². The van der Waals surface area contributed by atoms with Crippen molar-refractivity contribution < 1.29 is 0 Å². The highest BCUT2D eigenvalue weighted by Crippen LogP contribution is 2.15. The summed E-state index contributed by atoms with van der Waals surface area (Å²) in [5.74, 6) is 1.54. The standard InChI is InChI=1S/C16H31N/c1-6-8-12-17-13-16(9-7-2)11-10-15(5)14(3)4/h7,9,11,14-15,17H,6,8,10,12-13H2,1-5H3/b9-7+,16-11+/t15-/m1/s1. The van der Waals surface area contributed by atoms with Gasteiger partial charge >= 0.3 is 0 Å². The van der Waals surface area contributed by atoms with E-state index in [0.29, 0.717) is 0 Å². The summed E-state index contributed by atoms with van der Waals surface area (Å²) in [6, 6.07) is 0. The third-order valence-corrected chi connectivity index (χ3v) is 3.31. The minimum absolute atomic E-state index is 0.769. The van der Waals surface area contributed by atoms with Crippen LogP contribution in [-0.4, -0.2) is 13.1 Å². The van der Waals surface area contributed by atoms with Crippen LogP contribution in [0.5, 0.6) is 0 Å². The molecular formula is C16H31N. The molecule has 0 saturated carbocycles. The van der Waals surface area contributed by atoms with Crippen molar-refractivity contribution in [3.63, 3.8) is 0 Å². The highest BCUT2D eigenvalue weighted by Gasteiger charge is 2.04. The molecule has 0 aromatic rings. The summed E-state index contributed by atoms with van der Waals surface area (Å²) in [7, 11) is 0. The van der Waals surface area contributed by atoms with Gasteiger partial charge in [-0.25, -0.2) is 0 Å². The maximum absolute atomic E-state index is 3.50. The van der Waals surface area contributed by atoms with Crippen LogP contribution in [-0.2, 0) is 0 Å². The zero-order valence-corrected chi connectivity index (χ0v) is 12.4. The van der Waals surface area contributed by atoms with E-state index in [1.807, 2.05) is 0 Å². The summed E-state index contributed by atoms with van der Waals surface area (Å²) >= 11 is 0. The molecule has 0 aliphatic heterocycles. The highest BCUT2D eigenvalue weighted by atomic mass is 14.8. The largest absolute Gasteiger partial charge is 0.313 e. The Labute approximate surface area is 108 Å². The van der Waals surface area contributed by atoms with Crippen LogP contribution in [0.2, 0.25) is 0 Å². The first-order chi connectivity index (χ1) is 8.11. The van der Waals surface area contributed by atoms with E-state index in [0.717, 1.165) is 24.9 Å². The number of unbranched alkanes of at least 4 members (excludes halogenated alkanes) is 1. The van der Waals surface area contributed by atoms with Crippen molar-refractivity contribution in [3.05, 3.63) is 23.8 Å². The predicted octanol–water partition coefficient (Wildman–Crippen LogP) is 4.56. The van der Waals surface area contributed by atoms with Crippen molar-refractivity contribution >= 4 is 0 Å². The lowest BCUT2D eigenvalue weighted by atomic mass is 9.93. The van der Waals surface area contributed by atoms with Crippen LogP contribution in [0.4, 0.5) is 0 Å². The Morgan fingerprint density at radius 3 is 2.47 bits per heavy atom. The predicted molar refractivity (Wildman–Crippen MR) is 79.3 cm³/mol. The molecule has 0 aliphatic rings. The SMILES string of the molecule is C/C=C/C(=C\C[C@@H](C)C(C)C)CNCCCC. The molecule has 0 fully saturated rings. The van der Waals surface area contributed by atoms with Gasteiger partial charge in [-0.15, -0.1) is 0 Å². The topological polar surface area (TPSA) is 12.0 Å². The lowest BCUT2D eigenvalue weighted by Gasteiger charge is -2.13. The molecule has 0 unspecified atom stereocenters. The maximum atomic E-state index is 3.50. The fourth-order valence-electron chi connectivity index (χ4n) is 1.56. The van der Waals surface area contributed by atoms with Crippen LogP contribution in [0.25, 0.3) is 0 Å². The molecule has 1 heteroatoms. The van der Waals surface area contributed by atoms with Crippen molar-refractivity contribution in [1.82, 2.24) is 5.32 Å². The van der Waals surface area contributed by atoms with Gasteiger partial charge in [-0.2, -0.15) is 0 Å². The summed E-state index contributed by atoms with van der Waals surface area (Å²) < 4.78 is 0. The Kier molecular flexibility index (Phi) is 10.2.